The van der Waals surface area contributed by atoms with Crippen LogP contribution in [0.3, 0.4) is 0 Å². The fourth-order valence-electron chi connectivity index (χ4n) is 0.775. The highest BCUT2D eigenvalue weighted by atomic mass is 35.5. The summed E-state index contributed by atoms with van der Waals surface area (Å²) in [5.41, 5.74) is 0. The molecular formula is C7H17AlCl. The zero-order valence-electron chi connectivity index (χ0n) is 6.52. The van der Waals surface area contributed by atoms with Crippen molar-refractivity contribution in [2.24, 2.45) is 0 Å². The highest BCUT2D eigenvalue weighted by molar-refractivity contribution is 6.33. The predicted octanol–water partition coefficient (Wildman–Crippen LogP) is 3.16. The quantitative estimate of drug-likeness (QED) is 0.432. The molecule has 0 aromatic carbocycles. The largest absolute Gasteiger partial charge is 0.195 e. The summed E-state index contributed by atoms with van der Waals surface area (Å²) in [6, 6.07) is 0. The van der Waals surface area contributed by atoms with Gasteiger partial charge in [-0.05, 0) is 0 Å². The Hall–Kier alpha value is 0.822. The summed E-state index contributed by atoms with van der Waals surface area (Å²) in [6.07, 6.45) is 5.77. The van der Waals surface area contributed by atoms with Crippen LogP contribution >= 0.6 is 12.4 Å². The van der Waals surface area contributed by atoms with E-state index in [2.05, 4.69) is 12.7 Å². The third kappa shape index (κ3) is 12.1. The second-order valence-corrected chi connectivity index (χ2v) is 3.65. The van der Waals surface area contributed by atoms with E-state index in [-0.39, 0.29) is 12.4 Å². The standard InChI is InChI=1S/C6H13.CH3.Al.ClH/c1-3-5-6-4-2;;;/h1,3-6H2,2H3;1H3;;1H. The molecule has 0 aliphatic rings. The van der Waals surface area contributed by atoms with E-state index in [1.54, 1.807) is 0 Å². The molecule has 0 fully saturated rings. The van der Waals surface area contributed by atoms with Crippen LogP contribution in [-0.4, -0.2) is 15.2 Å². The van der Waals surface area contributed by atoms with Crippen LogP contribution in [0.25, 0.3) is 0 Å². The van der Waals surface area contributed by atoms with Crippen LogP contribution in [0.2, 0.25) is 11.1 Å². The average molecular weight is 164 g/mol. The van der Waals surface area contributed by atoms with Gasteiger partial charge >= 0.3 is 0 Å². The van der Waals surface area contributed by atoms with Crippen molar-refractivity contribution in [1.82, 2.24) is 0 Å². The molecule has 0 aliphatic carbocycles. The summed E-state index contributed by atoms with van der Waals surface area (Å²) in [6.45, 7) is 2.26. The van der Waals surface area contributed by atoms with Gasteiger partial charge in [0.2, 0.25) is 0 Å². The summed E-state index contributed by atoms with van der Waals surface area (Å²) >= 11 is 0.778. The van der Waals surface area contributed by atoms with Crippen LogP contribution in [0.15, 0.2) is 0 Å². The lowest BCUT2D eigenvalue weighted by molar-refractivity contribution is 0.700. The zero-order valence-corrected chi connectivity index (χ0v) is 8.49. The average Bonchev–Trinajstić information content (AvgIpc) is 1.81. The molecule has 0 aromatic heterocycles. The SMILES string of the molecule is CCCCC[CH2][Al][CH3].Cl. The lowest BCUT2D eigenvalue weighted by Crippen LogP contribution is -1.80. The zero-order chi connectivity index (χ0) is 6.24. The first kappa shape index (κ1) is 12.5. The Bertz CT molecular complexity index is 33.9. The molecule has 0 heterocycles. The minimum Gasteiger partial charge on any atom is -0.147 e. The Labute approximate surface area is 71.5 Å². The van der Waals surface area contributed by atoms with E-state index >= 15 is 0 Å². The summed E-state index contributed by atoms with van der Waals surface area (Å²) in [5, 5.41) is 1.51. The van der Waals surface area contributed by atoms with Crippen molar-refractivity contribution in [2.75, 3.05) is 0 Å². The molecule has 0 bridgehead atoms. The smallest absolute Gasteiger partial charge is 0.147 e. The predicted molar refractivity (Wildman–Crippen MR) is 47.8 cm³/mol. The Balaban J connectivity index is 0. The van der Waals surface area contributed by atoms with Crippen molar-refractivity contribution >= 4 is 27.6 Å². The van der Waals surface area contributed by atoms with Crippen LogP contribution in [0.1, 0.15) is 32.6 Å². The van der Waals surface area contributed by atoms with Crippen molar-refractivity contribution in [2.45, 2.75) is 43.7 Å². The third-order valence-electron chi connectivity index (χ3n) is 1.35. The van der Waals surface area contributed by atoms with Crippen molar-refractivity contribution in [3.05, 3.63) is 0 Å². The van der Waals surface area contributed by atoms with E-state index in [0.29, 0.717) is 0 Å². The molecule has 0 aromatic rings. The van der Waals surface area contributed by atoms with Crippen molar-refractivity contribution < 1.29 is 0 Å². The Kier molecular flexibility index (Phi) is 16.1. The summed E-state index contributed by atoms with van der Waals surface area (Å²) in [5.74, 6) is 2.34. The summed E-state index contributed by atoms with van der Waals surface area (Å²) in [4.78, 5) is 0. The molecule has 0 atom stereocenters. The Morgan fingerprint density at radius 1 is 1.11 bits per heavy atom. The van der Waals surface area contributed by atoms with E-state index in [1.807, 2.05) is 0 Å². The van der Waals surface area contributed by atoms with Crippen LogP contribution < -0.4 is 0 Å². The molecule has 0 N–H and O–H groups in total. The van der Waals surface area contributed by atoms with Crippen LogP contribution in [-0.2, 0) is 0 Å². The maximum Gasteiger partial charge on any atom is 0.195 e. The second-order valence-electron chi connectivity index (χ2n) is 2.26. The van der Waals surface area contributed by atoms with Gasteiger partial charge in [-0.2, -0.15) is 0 Å². The Morgan fingerprint density at radius 2 is 1.78 bits per heavy atom. The maximum absolute atomic E-state index is 2.34. The maximum atomic E-state index is 2.34. The molecule has 0 nitrogen and oxygen atoms in total. The van der Waals surface area contributed by atoms with Gasteiger partial charge in [0.25, 0.3) is 0 Å². The van der Waals surface area contributed by atoms with Gasteiger partial charge in [-0.25, -0.2) is 0 Å². The third-order valence-corrected chi connectivity index (χ3v) is 2.33. The number of hydrogen-bond acceptors (Lipinski definition) is 0. The summed E-state index contributed by atoms with van der Waals surface area (Å²) in [7, 11) is 0. The highest BCUT2D eigenvalue weighted by Gasteiger charge is 1.84. The van der Waals surface area contributed by atoms with Crippen molar-refractivity contribution in [3.8, 4) is 0 Å². The van der Waals surface area contributed by atoms with Gasteiger partial charge < -0.3 is 0 Å². The number of unbranched alkanes of at least 4 members (excludes halogenated alkanes) is 3. The monoisotopic (exact) mass is 163 g/mol. The number of halogens is 1. The van der Waals surface area contributed by atoms with Gasteiger partial charge in [0.15, 0.2) is 15.2 Å². The lowest BCUT2D eigenvalue weighted by atomic mass is 10.2. The highest BCUT2D eigenvalue weighted by Crippen LogP contribution is 2.01. The van der Waals surface area contributed by atoms with E-state index < -0.39 is 0 Å². The van der Waals surface area contributed by atoms with Gasteiger partial charge in [0.05, 0.1) is 0 Å². The van der Waals surface area contributed by atoms with Crippen LogP contribution in [0.4, 0.5) is 0 Å². The van der Waals surface area contributed by atoms with Crippen molar-refractivity contribution in [1.29, 1.82) is 0 Å². The molecular weight excluding hydrogens is 147 g/mol. The van der Waals surface area contributed by atoms with Crippen molar-refractivity contribution in [3.63, 3.8) is 0 Å². The van der Waals surface area contributed by atoms with E-state index in [0.717, 1.165) is 15.2 Å². The second kappa shape index (κ2) is 11.6. The molecule has 2 heteroatoms. The van der Waals surface area contributed by atoms with Gasteiger partial charge in [0, 0.05) is 0 Å². The first-order valence-corrected chi connectivity index (χ1v) is 5.66. The molecule has 0 rings (SSSR count). The minimum absolute atomic E-state index is 0. The van der Waals surface area contributed by atoms with Gasteiger partial charge in [-0.1, -0.05) is 32.6 Å². The fraction of sp³-hybridized carbons (Fsp3) is 1.00. The molecule has 55 valence electrons. The molecule has 1 radical (unpaired) electrons. The number of rotatable bonds is 5. The van der Waals surface area contributed by atoms with E-state index in [4.69, 9.17) is 0 Å². The molecule has 0 amide bonds. The summed E-state index contributed by atoms with van der Waals surface area (Å²) < 4.78 is 0. The first-order chi connectivity index (χ1) is 3.91. The van der Waals surface area contributed by atoms with Gasteiger partial charge in [0.1, 0.15) is 0 Å². The number of hydrogen-bond donors (Lipinski definition) is 0. The van der Waals surface area contributed by atoms with Gasteiger partial charge in [-0.3, -0.25) is 0 Å². The normalized spacial score (nSPS) is 8.22. The first-order valence-electron chi connectivity index (χ1n) is 3.69. The van der Waals surface area contributed by atoms with Crippen LogP contribution in [0.5, 0.6) is 0 Å². The molecule has 0 aliphatic heterocycles. The molecule has 0 saturated heterocycles. The van der Waals surface area contributed by atoms with Gasteiger partial charge in [-0.15, -0.1) is 23.5 Å². The minimum atomic E-state index is 0. The molecule has 9 heavy (non-hydrogen) atoms. The Morgan fingerprint density at radius 3 is 2.22 bits per heavy atom. The van der Waals surface area contributed by atoms with E-state index in [9.17, 15) is 0 Å². The molecule has 0 unspecified atom stereocenters. The van der Waals surface area contributed by atoms with Crippen LogP contribution in [0, 0.1) is 0 Å². The molecule has 0 saturated carbocycles. The molecule has 0 spiro atoms. The fourth-order valence-corrected chi connectivity index (χ4v) is 1.47. The lowest BCUT2D eigenvalue weighted by Gasteiger charge is -1.93. The topological polar surface area (TPSA) is 0 Å². The van der Waals surface area contributed by atoms with E-state index in [1.165, 1.54) is 31.0 Å².